The standard InChI is InChI=1S/C21H23Cl2N3O4S/c1-31(29,30)26(19-13-15(22)9-10-17(19)23)14-20(27)24-18-8-4-3-7-16(18)21(28)25-11-5-2-6-12-25/h3-4,7-10,13H,2,5-6,11-12,14H2,1H3,(H,24,27). The van der Waals surface area contributed by atoms with Crippen molar-refractivity contribution in [1.82, 2.24) is 4.90 Å². The summed E-state index contributed by atoms with van der Waals surface area (Å²) in [5, 5.41) is 3.09. The quantitative estimate of drug-likeness (QED) is 0.671. The van der Waals surface area contributed by atoms with Gasteiger partial charge in [-0.25, -0.2) is 8.42 Å². The van der Waals surface area contributed by atoms with Crippen molar-refractivity contribution in [3.05, 3.63) is 58.1 Å². The van der Waals surface area contributed by atoms with Gasteiger partial charge in [0, 0.05) is 18.1 Å². The predicted molar refractivity (Wildman–Crippen MR) is 123 cm³/mol. The van der Waals surface area contributed by atoms with E-state index in [9.17, 15) is 18.0 Å². The van der Waals surface area contributed by atoms with Crippen molar-refractivity contribution in [2.45, 2.75) is 19.3 Å². The molecule has 0 unspecified atom stereocenters. The molecule has 2 aromatic carbocycles. The van der Waals surface area contributed by atoms with Gasteiger partial charge in [-0.2, -0.15) is 0 Å². The molecule has 0 atom stereocenters. The molecule has 0 aliphatic carbocycles. The lowest BCUT2D eigenvalue weighted by atomic mass is 10.1. The second-order valence-corrected chi connectivity index (χ2v) is 10.1. The van der Waals surface area contributed by atoms with Crippen molar-refractivity contribution in [2.24, 2.45) is 0 Å². The van der Waals surface area contributed by atoms with E-state index in [4.69, 9.17) is 23.2 Å². The second-order valence-electron chi connectivity index (χ2n) is 7.31. The molecule has 7 nitrogen and oxygen atoms in total. The fourth-order valence-electron chi connectivity index (χ4n) is 3.42. The molecule has 0 bridgehead atoms. The minimum Gasteiger partial charge on any atom is -0.339 e. The third kappa shape index (κ3) is 5.90. The first kappa shape index (κ1) is 23.4. The Morgan fingerprint density at radius 1 is 1.06 bits per heavy atom. The summed E-state index contributed by atoms with van der Waals surface area (Å²) in [6, 6.07) is 11.1. The molecule has 2 aromatic rings. The molecule has 1 aliphatic heterocycles. The number of carbonyl (C=O) groups excluding carboxylic acids is 2. The number of nitrogens with zero attached hydrogens (tertiary/aromatic N) is 2. The average molecular weight is 484 g/mol. The molecule has 1 fully saturated rings. The van der Waals surface area contributed by atoms with E-state index in [-0.39, 0.29) is 21.6 Å². The number of carbonyl (C=O) groups is 2. The largest absolute Gasteiger partial charge is 0.339 e. The Hall–Kier alpha value is -2.29. The van der Waals surface area contributed by atoms with Gasteiger partial charge in [0.15, 0.2) is 0 Å². The van der Waals surface area contributed by atoms with Crippen LogP contribution in [0.5, 0.6) is 0 Å². The van der Waals surface area contributed by atoms with Gasteiger partial charge in [0.2, 0.25) is 15.9 Å². The summed E-state index contributed by atoms with van der Waals surface area (Å²) in [5.74, 6) is -0.770. The van der Waals surface area contributed by atoms with Gasteiger partial charge in [0.05, 0.1) is 28.2 Å². The molecule has 0 radical (unpaired) electrons. The number of para-hydroxylation sites is 1. The van der Waals surface area contributed by atoms with Gasteiger partial charge in [0.1, 0.15) is 6.54 Å². The first-order valence-electron chi connectivity index (χ1n) is 9.78. The normalized spacial score (nSPS) is 14.2. The highest BCUT2D eigenvalue weighted by Crippen LogP contribution is 2.30. The minimum atomic E-state index is -3.83. The zero-order valence-corrected chi connectivity index (χ0v) is 19.3. The van der Waals surface area contributed by atoms with Crippen molar-refractivity contribution in [3.8, 4) is 0 Å². The molecule has 1 aliphatic rings. The van der Waals surface area contributed by atoms with E-state index in [2.05, 4.69) is 5.32 Å². The number of likely N-dealkylation sites (tertiary alicyclic amines) is 1. The van der Waals surface area contributed by atoms with Crippen LogP contribution in [0.25, 0.3) is 0 Å². The summed E-state index contributed by atoms with van der Waals surface area (Å²) >= 11 is 12.1. The number of anilines is 2. The van der Waals surface area contributed by atoms with Gasteiger partial charge in [0.25, 0.3) is 5.91 Å². The zero-order chi connectivity index (χ0) is 22.6. The Kier molecular flexibility index (Phi) is 7.46. The fraction of sp³-hybridized carbons (Fsp3) is 0.333. The number of hydrogen-bond acceptors (Lipinski definition) is 4. The maximum atomic E-state index is 12.9. The Bertz CT molecular complexity index is 1090. The third-order valence-corrected chi connectivity index (χ3v) is 6.62. The second kappa shape index (κ2) is 9.89. The van der Waals surface area contributed by atoms with Crippen LogP contribution in [-0.4, -0.2) is 51.0 Å². The zero-order valence-electron chi connectivity index (χ0n) is 17.0. The van der Waals surface area contributed by atoms with Crippen LogP contribution in [0.15, 0.2) is 42.5 Å². The average Bonchev–Trinajstić information content (AvgIpc) is 2.74. The molecule has 1 saturated heterocycles. The van der Waals surface area contributed by atoms with E-state index in [1.54, 1.807) is 29.2 Å². The summed E-state index contributed by atoms with van der Waals surface area (Å²) < 4.78 is 25.6. The highest BCUT2D eigenvalue weighted by atomic mass is 35.5. The molecule has 0 spiro atoms. The summed E-state index contributed by atoms with van der Waals surface area (Å²) in [6.07, 6.45) is 3.97. The van der Waals surface area contributed by atoms with Crippen LogP contribution >= 0.6 is 23.2 Å². The van der Waals surface area contributed by atoms with Crippen LogP contribution in [0.2, 0.25) is 10.0 Å². The maximum absolute atomic E-state index is 12.9. The lowest BCUT2D eigenvalue weighted by Crippen LogP contribution is -2.38. The maximum Gasteiger partial charge on any atom is 0.255 e. The number of amides is 2. The van der Waals surface area contributed by atoms with Gasteiger partial charge >= 0.3 is 0 Å². The summed E-state index contributed by atoms with van der Waals surface area (Å²) in [5.41, 5.74) is 0.794. The first-order chi connectivity index (χ1) is 14.7. The Balaban J connectivity index is 1.82. The Morgan fingerprint density at radius 3 is 2.42 bits per heavy atom. The summed E-state index contributed by atoms with van der Waals surface area (Å²) in [4.78, 5) is 27.5. The van der Waals surface area contributed by atoms with E-state index >= 15 is 0 Å². The molecule has 3 rings (SSSR count). The lowest BCUT2D eigenvalue weighted by Gasteiger charge is -2.27. The number of benzene rings is 2. The van der Waals surface area contributed by atoms with E-state index in [0.717, 1.165) is 29.8 Å². The van der Waals surface area contributed by atoms with Gasteiger partial charge < -0.3 is 10.2 Å². The van der Waals surface area contributed by atoms with Crippen molar-refractivity contribution in [1.29, 1.82) is 0 Å². The molecule has 31 heavy (non-hydrogen) atoms. The van der Waals surface area contributed by atoms with Crippen LogP contribution in [0, 0.1) is 0 Å². The van der Waals surface area contributed by atoms with Crippen LogP contribution in [-0.2, 0) is 14.8 Å². The van der Waals surface area contributed by atoms with Crippen molar-refractivity contribution in [2.75, 3.05) is 35.5 Å². The van der Waals surface area contributed by atoms with Gasteiger partial charge in [-0.1, -0.05) is 35.3 Å². The number of halogens is 2. The number of hydrogen-bond donors (Lipinski definition) is 1. The van der Waals surface area contributed by atoms with E-state index in [0.29, 0.717) is 24.3 Å². The van der Waals surface area contributed by atoms with Crippen LogP contribution in [0.3, 0.4) is 0 Å². The molecule has 0 aromatic heterocycles. The minimum absolute atomic E-state index is 0.101. The third-order valence-electron chi connectivity index (χ3n) is 4.94. The number of piperidine rings is 1. The number of nitrogens with one attached hydrogen (secondary N) is 1. The molecule has 2 amide bonds. The summed E-state index contributed by atoms with van der Waals surface area (Å²) in [6.45, 7) is 0.831. The van der Waals surface area contributed by atoms with E-state index in [1.807, 2.05) is 0 Å². The molecule has 10 heteroatoms. The van der Waals surface area contributed by atoms with E-state index < -0.39 is 22.5 Å². The van der Waals surface area contributed by atoms with Gasteiger partial charge in [-0.15, -0.1) is 0 Å². The molecular formula is C21H23Cl2N3O4S. The van der Waals surface area contributed by atoms with Crippen molar-refractivity contribution < 1.29 is 18.0 Å². The molecule has 0 saturated carbocycles. The SMILES string of the molecule is CS(=O)(=O)N(CC(=O)Nc1ccccc1C(=O)N1CCCCC1)c1cc(Cl)ccc1Cl. The molecule has 166 valence electrons. The highest BCUT2D eigenvalue weighted by Gasteiger charge is 2.25. The predicted octanol–water partition coefficient (Wildman–Crippen LogP) is 4.02. The number of sulfonamides is 1. The van der Waals surface area contributed by atoms with E-state index in [1.165, 1.54) is 18.2 Å². The Labute approximate surface area is 192 Å². The van der Waals surface area contributed by atoms with Crippen molar-refractivity contribution >= 4 is 56.4 Å². The number of rotatable bonds is 6. The first-order valence-corrected chi connectivity index (χ1v) is 12.4. The molecular weight excluding hydrogens is 461 g/mol. The van der Waals surface area contributed by atoms with Crippen LogP contribution in [0.1, 0.15) is 29.6 Å². The fourth-order valence-corrected chi connectivity index (χ4v) is 4.72. The highest BCUT2D eigenvalue weighted by molar-refractivity contribution is 7.92. The van der Waals surface area contributed by atoms with Crippen LogP contribution in [0.4, 0.5) is 11.4 Å². The smallest absolute Gasteiger partial charge is 0.255 e. The topological polar surface area (TPSA) is 86.8 Å². The molecule has 1 N–H and O–H groups in total. The van der Waals surface area contributed by atoms with Crippen LogP contribution < -0.4 is 9.62 Å². The molecule has 1 heterocycles. The summed E-state index contributed by atoms with van der Waals surface area (Å²) in [7, 11) is -3.83. The van der Waals surface area contributed by atoms with Crippen molar-refractivity contribution in [3.63, 3.8) is 0 Å². The van der Waals surface area contributed by atoms with Gasteiger partial charge in [-0.3, -0.25) is 13.9 Å². The Morgan fingerprint density at radius 2 is 1.74 bits per heavy atom. The monoisotopic (exact) mass is 483 g/mol. The lowest BCUT2D eigenvalue weighted by molar-refractivity contribution is -0.114. The van der Waals surface area contributed by atoms with Gasteiger partial charge in [-0.05, 0) is 49.6 Å².